The van der Waals surface area contributed by atoms with Crippen LogP contribution < -0.4 is 10.2 Å². The average molecular weight is 364 g/mol. The maximum Gasteiger partial charge on any atom is 0.0462 e. The van der Waals surface area contributed by atoms with Gasteiger partial charge in [-0.2, -0.15) is 0 Å². The summed E-state index contributed by atoms with van der Waals surface area (Å²) < 4.78 is 0. The van der Waals surface area contributed by atoms with Gasteiger partial charge in [0.2, 0.25) is 0 Å². The highest BCUT2D eigenvalue weighted by atomic mass is 15.1. The molecule has 0 aliphatic rings. The van der Waals surface area contributed by atoms with Crippen LogP contribution in [-0.4, -0.2) is 6.54 Å². The van der Waals surface area contributed by atoms with Crippen LogP contribution in [0.5, 0.6) is 0 Å². The van der Waals surface area contributed by atoms with Crippen LogP contribution in [-0.2, 0) is 0 Å². The van der Waals surface area contributed by atoms with Crippen LogP contribution >= 0.6 is 0 Å². The van der Waals surface area contributed by atoms with Crippen LogP contribution in [0, 0.1) is 0 Å². The molecule has 4 aromatic carbocycles. The Morgan fingerprint density at radius 2 is 0.964 bits per heavy atom. The van der Waals surface area contributed by atoms with Gasteiger partial charge in [0.15, 0.2) is 0 Å². The van der Waals surface area contributed by atoms with Gasteiger partial charge in [-0.05, 0) is 66.6 Å². The first kappa shape index (κ1) is 17.9. The molecule has 138 valence electrons. The number of hydrogen-bond acceptors (Lipinski definition) is 2. The Kier molecular flexibility index (Phi) is 5.39. The first-order valence-electron chi connectivity index (χ1n) is 9.70. The molecule has 0 radical (unpaired) electrons. The van der Waals surface area contributed by atoms with Gasteiger partial charge >= 0.3 is 0 Å². The van der Waals surface area contributed by atoms with Crippen molar-refractivity contribution in [1.29, 1.82) is 0 Å². The van der Waals surface area contributed by atoms with Crippen molar-refractivity contribution in [2.75, 3.05) is 16.8 Å². The van der Waals surface area contributed by atoms with Crippen LogP contribution in [0.25, 0.3) is 11.1 Å². The Hall–Kier alpha value is -3.52. The molecule has 0 aromatic heterocycles. The van der Waals surface area contributed by atoms with Gasteiger partial charge in [0.05, 0.1) is 0 Å². The topological polar surface area (TPSA) is 15.3 Å². The van der Waals surface area contributed by atoms with E-state index in [9.17, 15) is 0 Å². The van der Waals surface area contributed by atoms with Gasteiger partial charge in [0.25, 0.3) is 0 Å². The first-order valence-corrected chi connectivity index (χ1v) is 9.70. The van der Waals surface area contributed by atoms with E-state index in [1.165, 1.54) is 11.1 Å². The second kappa shape index (κ2) is 8.45. The third kappa shape index (κ3) is 3.91. The molecular weight excluding hydrogens is 340 g/mol. The van der Waals surface area contributed by atoms with Crippen molar-refractivity contribution in [2.45, 2.75) is 6.92 Å². The second-order valence-electron chi connectivity index (χ2n) is 6.66. The number of hydrogen-bond donors (Lipinski definition) is 1. The minimum atomic E-state index is 0.933. The number of nitrogens with zero attached hydrogens (tertiary/aromatic N) is 1. The monoisotopic (exact) mass is 364 g/mol. The van der Waals surface area contributed by atoms with Crippen LogP contribution in [0.2, 0.25) is 0 Å². The molecule has 0 bridgehead atoms. The predicted octanol–water partition coefficient (Wildman–Crippen LogP) is 7.26. The molecule has 4 aromatic rings. The maximum atomic E-state index is 3.34. The fraction of sp³-hybridized carbons (Fsp3) is 0.0769. The summed E-state index contributed by atoms with van der Waals surface area (Å²) in [6.45, 7) is 3.04. The maximum absolute atomic E-state index is 3.34. The number of rotatable bonds is 6. The second-order valence-corrected chi connectivity index (χ2v) is 6.66. The standard InChI is InChI=1S/C26H24N2/c1-2-27-23-17-13-21(14-18-23)22-15-19-26(20-16-22)28(24-9-5-3-6-10-24)25-11-7-4-8-12-25/h3-20,27H,2H2,1H3. The zero-order valence-electron chi connectivity index (χ0n) is 16.0. The molecule has 0 saturated heterocycles. The molecule has 2 nitrogen and oxygen atoms in total. The minimum absolute atomic E-state index is 0.933. The molecule has 0 fully saturated rings. The molecule has 0 aliphatic heterocycles. The fourth-order valence-corrected chi connectivity index (χ4v) is 3.39. The molecule has 0 aliphatic carbocycles. The van der Waals surface area contributed by atoms with Gasteiger partial charge < -0.3 is 10.2 Å². The summed E-state index contributed by atoms with van der Waals surface area (Å²) in [7, 11) is 0. The fourth-order valence-electron chi connectivity index (χ4n) is 3.39. The molecule has 28 heavy (non-hydrogen) atoms. The summed E-state index contributed by atoms with van der Waals surface area (Å²) in [5.41, 5.74) is 7.03. The summed E-state index contributed by atoms with van der Waals surface area (Å²) in [5.74, 6) is 0. The lowest BCUT2D eigenvalue weighted by atomic mass is 10.0. The zero-order valence-corrected chi connectivity index (χ0v) is 16.0. The van der Waals surface area contributed by atoms with E-state index in [1.54, 1.807) is 0 Å². The van der Waals surface area contributed by atoms with Crippen molar-refractivity contribution in [1.82, 2.24) is 0 Å². The molecule has 1 N–H and O–H groups in total. The average Bonchev–Trinajstić information content (AvgIpc) is 2.77. The Balaban J connectivity index is 1.67. The lowest BCUT2D eigenvalue weighted by molar-refractivity contribution is 1.21. The van der Waals surface area contributed by atoms with Crippen molar-refractivity contribution in [3.05, 3.63) is 109 Å². The van der Waals surface area contributed by atoms with E-state index in [4.69, 9.17) is 0 Å². The SMILES string of the molecule is CCNc1ccc(-c2ccc(N(c3ccccc3)c3ccccc3)cc2)cc1. The lowest BCUT2D eigenvalue weighted by Gasteiger charge is -2.25. The minimum Gasteiger partial charge on any atom is -0.385 e. The van der Waals surface area contributed by atoms with E-state index in [1.807, 2.05) is 12.1 Å². The quantitative estimate of drug-likeness (QED) is 0.387. The van der Waals surface area contributed by atoms with E-state index in [0.717, 1.165) is 29.3 Å². The van der Waals surface area contributed by atoms with Gasteiger partial charge in [-0.15, -0.1) is 0 Å². The molecule has 0 amide bonds. The van der Waals surface area contributed by atoms with Crippen LogP contribution in [0.1, 0.15) is 6.92 Å². The summed E-state index contributed by atoms with van der Waals surface area (Å²) in [4.78, 5) is 2.28. The molecule has 0 spiro atoms. The van der Waals surface area contributed by atoms with Gasteiger partial charge in [-0.1, -0.05) is 60.7 Å². The first-order chi connectivity index (χ1) is 13.8. The number of benzene rings is 4. The molecule has 0 saturated carbocycles. The van der Waals surface area contributed by atoms with Crippen molar-refractivity contribution in [3.63, 3.8) is 0 Å². The molecule has 4 rings (SSSR count). The molecule has 0 unspecified atom stereocenters. The number of anilines is 4. The Morgan fingerprint density at radius 1 is 0.536 bits per heavy atom. The highest BCUT2D eigenvalue weighted by Gasteiger charge is 2.11. The van der Waals surface area contributed by atoms with E-state index in [0.29, 0.717) is 0 Å². The summed E-state index contributed by atoms with van der Waals surface area (Å²) in [6.07, 6.45) is 0. The highest BCUT2D eigenvalue weighted by Crippen LogP contribution is 2.35. The van der Waals surface area contributed by atoms with Crippen LogP contribution in [0.3, 0.4) is 0 Å². The lowest BCUT2D eigenvalue weighted by Crippen LogP contribution is -2.09. The summed E-state index contributed by atoms with van der Waals surface area (Å²) in [6, 6.07) is 38.3. The molecular formula is C26H24N2. The van der Waals surface area contributed by atoms with Crippen LogP contribution in [0.15, 0.2) is 109 Å². The third-order valence-corrected chi connectivity index (χ3v) is 4.75. The number of nitrogens with one attached hydrogen (secondary N) is 1. The smallest absolute Gasteiger partial charge is 0.0462 e. The van der Waals surface area contributed by atoms with E-state index in [-0.39, 0.29) is 0 Å². The van der Waals surface area contributed by atoms with Crippen molar-refractivity contribution in [3.8, 4) is 11.1 Å². The van der Waals surface area contributed by atoms with Gasteiger partial charge in [0.1, 0.15) is 0 Å². The van der Waals surface area contributed by atoms with E-state index < -0.39 is 0 Å². The Morgan fingerprint density at radius 3 is 1.43 bits per heavy atom. The van der Waals surface area contributed by atoms with Crippen molar-refractivity contribution in [2.24, 2.45) is 0 Å². The highest BCUT2D eigenvalue weighted by molar-refractivity contribution is 5.78. The normalized spacial score (nSPS) is 10.5. The van der Waals surface area contributed by atoms with E-state index in [2.05, 4.69) is 114 Å². The summed E-state index contributed by atoms with van der Waals surface area (Å²) >= 11 is 0. The van der Waals surface area contributed by atoms with Gasteiger partial charge in [0, 0.05) is 29.3 Å². The molecule has 2 heteroatoms. The van der Waals surface area contributed by atoms with Gasteiger partial charge in [-0.25, -0.2) is 0 Å². The van der Waals surface area contributed by atoms with Crippen molar-refractivity contribution >= 4 is 22.7 Å². The van der Waals surface area contributed by atoms with Gasteiger partial charge in [-0.3, -0.25) is 0 Å². The third-order valence-electron chi connectivity index (χ3n) is 4.75. The zero-order chi connectivity index (χ0) is 19.2. The summed E-state index contributed by atoms with van der Waals surface area (Å²) in [5, 5.41) is 3.34. The van der Waals surface area contributed by atoms with Crippen LogP contribution in [0.4, 0.5) is 22.7 Å². The molecule has 0 heterocycles. The Labute approximate surface area is 167 Å². The Bertz CT molecular complexity index is 952. The largest absolute Gasteiger partial charge is 0.385 e. The van der Waals surface area contributed by atoms with Crippen molar-refractivity contribution < 1.29 is 0 Å². The van der Waals surface area contributed by atoms with E-state index >= 15 is 0 Å². The molecule has 0 atom stereocenters. The predicted molar refractivity (Wildman–Crippen MR) is 121 cm³/mol. The number of para-hydroxylation sites is 2.